The Kier molecular flexibility index (Phi) is 5.79. The van der Waals surface area contributed by atoms with Gasteiger partial charge in [0.25, 0.3) is 0 Å². The number of amides is 2. The first kappa shape index (κ1) is 15.5. The van der Waals surface area contributed by atoms with Crippen LogP contribution in [0.1, 0.15) is 25.8 Å². The highest BCUT2D eigenvalue weighted by atomic mass is 16.5. The largest absolute Gasteiger partial charge is 0.394 e. The third-order valence-corrected chi connectivity index (χ3v) is 3.04. The van der Waals surface area contributed by atoms with Crippen molar-refractivity contribution in [2.45, 2.75) is 32.4 Å². The zero-order valence-electron chi connectivity index (χ0n) is 11.7. The van der Waals surface area contributed by atoms with Crippen LogP contribution in [0.15, 0.2) is 24.3 Å². The monoisotopic (exact) mass is 266 g/mol. The van der Waals surface area contributed by atoms with Crippen molar-refractivity contribution < 1.29 is 14.6 Å². The summed E-state index contributed by atoms with van der Waals surface area (Å²) in [6, 6.07) is 7.12. The molecule has 3 N–H and O–H groups in total. The van der Waals surface area contributed by atoms with E-state index in [1.807, 2.05) is 25.1 Å². The van der Waals surface area contributed by atoms with Gasteiger partial charge >= 0.3 is 6.03 Å². The van der Waals surface area contributed by atoms with Crippen molar-refractivity contribution in [1.82, 2.24) is 5.32 Å². The maximum atomic E-state index is 11.9. The van der Waals surface area contributed by atoms with E-state index in [-0.39, 0.29) is 12.6 Å². The molecule has 5 nitrogen and oxygen atoms in total. The smallest absolute Gasteiger partial charge is 0.319 e. The molecule has 0 heterocycles. The summed E-state index contributed by atoms with van der Waals surface area (Å²) in [4.78, 5) is 11.9. The lowest BCUT2D eigenvalue weighted by Gasteiger charge is -2.27. The minimum Gasteiger partial charge on any atom is -0.394 e. The summed E-state index contributed by atoms with van der Waals surface area (Å²) in [6.45, 7) is 4.12. The molecule has 0 aliphatic rings. The van der Waals surface area contributed by atoms with Crippen molar-refractivity contribution in [2.24, 2.45) is 0 Å². The lowest BCUT2D eigenvalue weighted by Crippen LogP contribution is -2.50. The summed E-state index contributed by atoms with van der Waals surface area (Å²) >= 11 is 0. The number of aliphatic hydroxyl groups is 1. The number of rotatable bonds is 6. The molecule has 1 aromatic carbocycles. The third-order valence-electron chi connectivity index (χ3n) is 3.04. The highest BCUT2D eigenvalue weighted by molar-refractivity contribution is 5.89. The predicted octanol–water partition coefficient (Wildman–Crippen LogP) is 2.12. The molecule has 0 bridgehead atoms. The minimum atomic E-state index is -0.603. The van der Waals surface area contributed by atoms with Gasteiger partial charge in [-0.3, -0.25) is 0 Å². The Labute approximate surface area is 114 Å². The standard InChI is InChI=1S/C14H22N2O3/c1-4-14(2,10-17)16-13(18)15-12-7-5-6-11(8-12)9-19-3/h5-8,17H,4,9-10H2,1-3H3,(H2,15,16,18). The van der Waals surface area contributed by atoms with Crippen molar-refractivity contribution in [3.05, 3.63) is 29.8 Å². The quantitative estimate of drug-likeness (QED) is 0.738. The summed E-state index contributed by atoms with van der Waals surface area (Å²) in [6.07, 6.45) is 0.653. The molecular formula is C14H22N2O3. The van der Waals surface area contributed by atoms with Crippen molar-refractivity contribution in [1.29, 1.82) is 0 Å². The van der Waals surface area contributed by atoms with Gasteiger partial charge in [0.15, 0.2) is 0 Å². The topological polar surface area (TPSA) is 70.6 Å². The van der Waals surface area contributed by atoms with Crippen LogP contribution in [0.2, 0.25) is 0 Å². The maximum absolute atomic E-state index is 11.9. The third kappa shape index (κ3) is 4.89. The van der Waals surface area contributed by atoms with E-state index in [9.17, 15) is 9.90 Å². The molecular weight excluding hydrogens is 244 g/mol. The highest BCUT2D eigenvalue weighted by Crippen LogP contribution is 2.13. The fourth-order valence-corrected chi connectivity index (χ4v) is 1.58. The first-order valence-electron chi connectivity index (χ1n) is 6.31. The molecule has 1 unspecified atom stereocenters. The Morgan fingerprint density at radius 1 is 1.47 bits per heavy atom. The molecule has 0 fully saturated rings. The summed E-state index contributed by atoms with van der Waals surface area (Å²) in [7, 11) is 1.63. The van der Waals surface area contributed by atoms with E-state index in [0.29, 0.717) is 18.7 Å². The molecule has 1 atom stereocenters. The number of anilines is 1. The number of carbonyl (C=O) groups is 1. The number of ether oxygens (including phenoxy) is 1. The van der Waals surface area contributed by atoms with E-state index < -0.39 is 5.54 Å². The number of carbonyl (C=O) groups excluding carboxylic acids is 1. The van der Waals surface area contributed by atoms with Crippen LogP contribution in [0.25, 0.3) is 0 Å². The normalized spacial score (nSPS) is 13.7. The van der Waals surface area contributed by atoms with Crippen LogP contribution in [0.5, 0.6) is 0 Å². The number of nitrogens with one attached hydrogen (secondary N) is 2. The molecule has 2 amide bonds. The van der Waals surface area contributed by atoms with Crippen molar-refractivity contribution in [2.75, 3.05) is 19.0 Å². The van der Waals surface area contributed by atoms with Gasteiger partial charge in [0, 0.05) is 12.8 Å². The Hall–Kier alpha value is -1.59. The number of aliphatic hydroxyl groups excluding tert-OH is 1. The summed E-state index contributed by atoms with van der Waals surface area (Å²) in [5, 5.41) is 14.8. The molecule has 0 saturated heterocycles. The molecule has 0 saturated carbocycles. The van der Waals surface area contributed by atoms with Gasteiger partial charge in [-0.05, 0) is 31.0 Å². The number of methoxy groups -OCH3 is 1. The zero-order chi connectivity index (χ0) is 14.3. The van der Waals surface area contributed by atoms with Crippen LogP contribution in [0, 0.1) is 0 Å². The maximum Gasteiger partial charge on any atom is 0.319 e. The Bertz CT molecular complexity index is 417. The van der Waals surface area contributed by atoms with Gasteiger partial charge < -0.3 is 20.5 Å². The molecule has 1 aromatic rings. The number of urea groups is 1. The molecule has 19 heavy (non-hydrogen) atoms. The lowest BCUT2D eigenvalue weighted by atomic mass is 10.0. The Morgan fingerprint density at radius 3 is 2.79 bits per heavy atom. The van der Waals surface area contributed by atoms with Gasteiger partial charge in [0.05, 0.1) is 18.8 Å². The number of hydrogen-bond donors (Lipinski definition) is 3. The average Bonchev–Trinajstić information content (AvgIpc) is 2.39. The first-order chi connectivity index (χ1) is 9.03. The van der Waals surface area contributed by atoms with Crippen LogP contribution in [0.4, 0.5) is 10.5 Å². The van der Waals surface area contributed by atoms with Crippen molar-refractivity contribution in [3.8, 4) is 0 Å². The summed E-state index contributed by atoms with van der Waals surface area (Å²) in [5.74, 6) is 0. The molecule has 0 aliphatic heterocycles. The minimum absolute atomic E-state index is 0.0966. The van der Waals surface area contributed by atoms with Crippen LogP contribution < -0.4 is 10.6 Å². The van der Waals surface area contributed by atoms with E-state index in [1.165, 1.54) is 0 Å². The molecule has 5 heteroatoms. The van der Waals surface area contributed by atoms with Gasteiger partial charge in [-0.2, -0.15) is 0 Å². The van der Waals surface area contributed by atoms with Crippen molar-refractivity contribution in [3.63, 3.8) is 0 Å². The van der Waals surface area contributed by atoms with Gasteiger partial charge in [-0.1, -0.05) is 19.1 Å². The molecule has 0 radical (unpaired) electrons. The van der Waals surface area contributed by atoms with Gasteiger partial charge in [0.1, 0.15) is 0 Å². The van der Waals surface area contributed by atoms with E-state index in [1.54, 1.807) is 20.1 Å². The fourth-order valence-electron chi connectivity index (χ4n) is 1.58. The van der Waals surface area contributed by atoms with Gasteiger partial charge in [0.2, 0.25) is 0 Å². The number of hydrogen-bond acceptors (Lipinski definition) is 3. The van der Waals surface area contributed by atoms with E-state index in [2.05, 4.69) is 10.6 Å². The number of benzene rings is 1. The van der Waals surface area contributed by atoms with Crippen LogP contribution in [-0.4, -0.2) is 30.4 Å². The second-order valence-electron chi connectivity index (χ2n) is 4.78. The lowest BCUT2D eigenvalue weighted by molar-refractivity contribution is 0.172. The highest BCUT2D eigenvalue weighted by Gasteiger charge is 2.23. The average molecular weight is 266 g/mol. The second kappa shape index (κ2) is 7.11. The summed E-state index contributed by atoms with van der Waals surface area (Å²) < 4.78 is 5.04. The van der Waals surface area contributed by atoms with E-state index >= 15 is 0 Å². The van der Waals surface area contributed by atoms with Crippen molar-refractivity contribution >= 4 is 11.7 Å². The van der Waals surface area contributed by atoms with Gasteiger partial charge in [-0.25, -0.2) is 4.79 Å². The molecule has 0 aromatic heterocycles. The van der Waals surface area contributed by atoms with Crippen LogP contribution in [-0.2, 0) is 11.3 Å². The fraction of sp³-hybridized carbons (Fsp3) is 0.500. The molecule has 106 valence electrons. The predicted molar refractivity (Wildman–Crippen MR) is 75.1 cm³/mol. The van der Waals surface area contributed by atoms with E-state index in [4.69, 9.17) is 4.74 Å². The first-order valence-corrected chi connectivity index (χ1v) is 6.31. The molecule has 1 rings (SSSR count). The van der Waals surface area contributed by atoms with Crippen LogP contribution in [0.3, 0.4) is 0 Å². The zero-order valence-corrected chi connectivity index (χ0v) is 11.7. The Morgan fingerprint density at radius 2 is 2.21 bits per heavy atom. The Balaban J connectivity index is 2.64. The molecule has 0 spiro atoms. The van der Waals surface area contributed by atoms with Crippen LogP contribution >= 0.6 is 0 Å². The van der Waals surface area contributed by atoms with Gasteiger partial charge in [-0.15, -0.1) is 0 Å². The SMILES string of the molecule is CCC(C)(CO)NC(=O)Nc1cccc(COC)c1. The summed E-state index contributed by atoms with van der Waals surface area (Å²) in [5.41, 5.74) is 1.08. The van der Waals surface area contributed by atoms with E-state index in [0.717, 1.165) is 5.56 Å². The second-order valence-corrected chi connectivity index (χ2v) is 4.78. The molecule has 0 aliphatic carbocycles.